The molecule has 0 atom stereocenters. The molecule has 3 heterocycles. The first-order chi connectivity index (χ1) is 10.4. The average Bonchev–Trinajstić information content (AvgIpc) is 3.15. The van der Waals surface area contributed by atoms with E-state index >= 15 is 0 Å². The largest absolute Gasteiger partial charge is 0.489 e. The molecule has 1 aliphatic carbocycles. The first-order valence-electron chi connectivity index (χ1n) is 7.12. The Hall–Kier alpha value is -2.15. The molecule has 2 aromatic heterocycles. The predicted octanol–water partition coefficient (Wildman–Crippen LogP) is 2.53. The van der Waals surface area contributed by atoms with Gasteiger partial charge in [-0.2, -0.15) is 9.61 Å². The number of anilines is 1. The van der Waals surface area contributed by atoms with Gasteiger partial charge in [-0.3, -0.25) is 0 Å². The molecule has 0 unspecified atom stereocenters. The van der Waals surface area contributed by atoms with Gasteiger partial charge in [-0.15, -0.1) is 10.2 Å². The summed E-state index contributed by atoms with van der Waals surface area (Å²) < 4.78 is 7.73. The standard InChI is InChI=1S/C14H13N5OS/c1-2-9(11-10(3-1)15-6-7-20-11)13-18-19-12(8-4-5-8)16-17-14(19)21-13/h1-3,8,15H,4-7H2. The van der Waals surface area contributed by atoms with Crippen molar-refractivity contribution < 1.29 is 4.74 Å². The lowest BCUT2D eigenvalue weighted by molar-refractivity contribution is 0.324. The monoisotopic (exact) mass is 299 g/mol. The third kappa shape index (κ3) is 1.73. The Labute approximate surface area is 124 Å². The van der Waals surface area contributed by atoms with Crippen molar-refractivity contribution in [1.82, 2.24) is 19.8 Å². The van der Waals surface area contributed by atoms with Crippen LogP contribution in [0.1, 0.15) is 24.6 Å². The summed E-state index contributed by atoms with van der Waals surface area (Å²) in [5.74, 6) is 2.43. The lowest BCUT2D eigenvalue weighted by atomic mass is 10.1. The Morgan fingerprint density at radius 2 is 2.24 bits per heavy atom. The molecule has 1 aliphatic heterocycles. The highest BCUT2D eigenvalue weighted by Gasteiger charge is 2.30. The summed E-state index contributed by atoms with van der Waals surface area (Å²) in [5.41, 5.74) is 2.06. The van der Waals surface area contributed by atoms with Crippen molar-refractivity contribution in [1.29, 1.82) is 0 Å². The van der Waals surface area contributed by atoms with E-state index in [1.54, 1.807) is 11.3 Å². The molecule has 21 heavy (non-hydrogen) atoms. The van der Waals surface area contributed by atoms with Crippen LogP contribution in [0.2, 0.25) is 0 Å². The van der Waals surface area contributed by atoms with Gasteiger partial charge in [0, 0.05) is 12.5 Å². The highest BCUT2D eigenvalue weighted by Crippen LogP contribution is 2.42. The van der Waals surface area contributed by atoms with Crippen molar-refractivity contribution in [2.45, 2.75) is 18.8 Å². The molecular formula is C14H13N5OS. The zero-order chi connectivity index (χ0) is 13.8. The fraction of sp³-hybridized carbons (Fsp3) is 0.357. The number of ether oxygens (including phenoxy) is 1. The van der Waals surface area contributed by atoms with E-state index in [0.717, 1.165) is 39.3 Å². The summed E-state index contributed by atoms with van der Waals surface area (Å²) in [7, 11) is 0. The minimum Gasteiger partial charge on any atom is -0.489 e. The van der Waals surface area contributed by atoms with Crippen molar-refractivity contribution in [3.63, 3.8) is 0 Å². The molecule has 0 amide bonds. The van der Waals surface area contributed by atoms with Gasteiger partial charge in [-0.05, 0) is 25.0 Å². The number of hydrogen-bond donors (Lipinski definition) is 1. The summed E-state index contributed by atoms with van der Waals surface area (Å²) >= 11 is 1.56. The van der Waals surface area contributed by atoms with Gasteiger partial charge in [0.15, 0.2) is 16.6 Å². The molecule has 0 bridgehead atoms. The van der Waals surface area contributed by atoms with Crippen molar-refractivity contribution >= 4 is 22.0 Å². The Morgan fingerprint density at radius 3 is 3.14 bits per heavy atom. The number of aromatic nitrogens is 4. The molecule has 1 saturated carbocycles. The summed E-state index contributed by atoms with van der Waals surface area (Å²) in [4.78, 5) is 0.855. The predicted molar refractivity (Wildman–Crippen MR) is 80.1 cm³/mol. The van der Waals surface area contributed by atoms with Crippen LogP contribution in [-0.4, -0.2) is 33.0 Å². The summed E-state index contributed by atoms with van der Waals surface area (Å²) in [5, 5.41) is 17.5. The molecule has 7 heteroatoms. The van der Waals surface area contributed by atoms with Crippen LogP contribution in [-0.2, 0) is 0 Å². The van der Waals surface area contributed by atoms with Crippen LogP contribution in [0.15, 0.2) is 18.2 Å². The van der Waals surface area contributed by atoms with Crippen LogP contribution in [0, 0.1) is 0 Å². The van der Waals surface area contributed by atoms with Crippen LogP contribution in [0.25, 0.3) is 15.5 Å². The van der Waals surface area contributed by atoms with E-state index in [2.05, 4.69) is 15.5 Å². The Bertz CT molecular complexity index is 835. The highest BCUT2D eigenvalue weighted by atomic mass is 32.1. The topological polar surface area (TPSA) is 64.3 Å². The first kappa shape index (κ1) is 11.5. The van der Waals surface area contributed by atoms with E-state index in [9.17, 15) is 0 Å². The van der Waals surface area contributed by atoms with E-state index in [0.29, 0.717) is 12.5 Å². The van der Waals surface area contributed by atoms with Crippen LogP contribution < -0.4 is 10.1 Å². The molecule has 1 N–H and O–H groups in total. The second kappa shape index (κ2) is 4.17. The molecule has 1 fully saturated rings. The fourth-order valence-corrected chi connectivity index (χ4v) is 3.54. The molecule has 6 nitrogen and oxygen atoms in total. The number of para-hydroxylation sites is 1. The van der Waals surface area contributed by atoms with E-state index in [4.69, 9.17) is 9.84 Å². The Kier molecular flexibility index (Phi) is 2.29. The molecule has 106 valence electrons. The average molecular weight is 299 g/mol. The van der Waals surface area contributed by atoms with Crippen LogP contribution in [0.5, 0.6) is 5.75 Å². The SMILES string of the molecule is c1cc2c(c(-c3nn4c(C5CC5)nnc4s3)c1)OCCN2. The molecule has 5 rings (SSSR count). The van der Waals surface area contributed by atoms with Gasteiger partial charge < -0.3 is 10.1 Å². The van der Waals surface area contributed by atoms with Gasteiger partial charge in [0.25, 0.3) is 0 Å². The van der Waals surface area contributed by atoms with Gasteiger partial charge >= 0.3 is 0 Å². The number of benzene rings is 1. The molecule has 0 saturated heterocycles. The number of nitrogens with one attached hydrogen (secondary N) is 1. The van der Waals surface area contributed by atoms with Crippen LogP contribution >= 0.6 is 11.3 Å². The third-order valence-electron chi connectivity index (χ3n) is 3.87. The molecular weight excluding hydrogens is 286 g/mol. The molecule has 0 spiro atoms. The van der Waals surface area contributed by atoms with Gasteiger partial charge in [-0.1, -0.05) is 17.4 Å². The number of fused-ring (bicyclic) bond motifs is 2. The zero-order valence-electron chi connectivity index (χ0n) is 11.2. The van der Waals surface area contributed by atoms with Crippen molar-refractivity contribution in [3.05, 3.63) is 24.0 Å². The second-order valence-corrected chi connectivity index (χ2v) is 6.35. The van der Waals surface area contributed by atoms with E-state index in [1.807, 2.05) is 22.7 Å². The van der Waals surface area contributed by atoms with Gasteiger partial charge in [0.05, 0.1) is 11.3 Å². The van der Waals surface area contributed by atoms with E-state index in [-0.39, 0.29) is 0 Å². The maximum absolute atomic E-state index is 5.83. The fourth-order valence-electron chi connectivity index (χ4n) is 2.68. The maximum atomic E-state index is 5.83. The molecule has 3 aromatic rings. The molecule has 0 radical (unpaired) electrons. The smallest absolute Gasteiger partial charge is 0.234 e. The van der Waals surface area contributed by atoms with Crippen LogP contribution in [0.4, 0.5) is 5.69 Å². The summed E-state index contributed by atoms with van der Waals surface area (Å²) in [6, 6.07) is 6.11. The first-order valence-corrected chi connectivity index (χ1v) is 7.94. The van der Waals surface area contributed by atoms with Gasteiger partial charge in [-0.25, -0.2) is 0 Å². The summed E-state index contributed by atoms with van der Waals surface area (Å²) in [6.45, 7) is 1.52. The minimum absolute atomic E-state index is 0.539. The maximum Gasteiger partial charge on any atom is 0.234 e. The highest BCUT2D eigenvalue weighted by molar-refractivity contribution is 7.19. The van der Waals surface area contributed by atoms with Gasteiger partial charge in [0.2, 0.25) is 4.96 Å². The number of rotatable bonds is 2. The van der Waals surface area contributed by atoms with Gasteiger partial charge in [0.1, 0.15) is 6.61 Å². The lowest BCUT2D eigenvalue weighted by Gasteiger charge is -2.20. The number of hydrogen-bond acceptors (Lipinski definition) is 6. The summed E-state index contributed by atoms with van der Waals surface area (Å²) in [6.07, 6.45) is 2.39. The normalized spacial score (nSPS) is 17.3. The number of nitrogens with zero attached hydrogens (tertiary/aromatic N) is 4. The van der Waals surface area contributed by atoms with Crippen LogP contribution in [0.3, 0.4) is 0 Å². The quantitative estimate of drug-likeness (QED) is 0.788. The zero-order valence-corrected chi connectivity index (χ0v) is 12.1. The van der Waals surface area contributed by atoms with Crippen molar-refractivity contribution in [2.24, 2.45) is 0 Å². The van der Waals surface area contributed by atoms with E-state index in [1.165, 1.54) is 12.8 Å². The Morgan fingerprint density at radius 1 is 1.29 bits per heavy atom. The van der Waals surface area contributed by atoms with Crippen molar-refractivity contribution in [2.75, 3.05) is 18.5 Å². The van der Waals surface area contributed by atoms with E-state index < -0.39 is 0 Å². The Balaban J connectivity index is 1.67. The van der Waals surface area contributed by atoms with Crippen molar-refractivity contribution in [3.8, 4) is 16.3 Å². The third-order valence-corrected chi connectivity index (χ3v) is 4.80. The molecule has 2 aliphatic rings. The second-order valence-electron chi connectivity index (χ2n) is 5.39. The molecule has 1 aromatic carbocycles. The minimum atomic E-state index is 0.539. The lowest BCUT2D eigenvalue weighted by Crippen LogP contribution is -2.18.